The van der Waals surface area contributed by atoms with Crippen LogP contribution in [0.25, 0.3) is 0 Å². The van der Waals surface area contributed by atoms with Gasteiger partial charge in [-0.2, -0.15) is 0 Å². The van der Waals surface area contributed by atoms with Gasteiger partial charge in [-0.3, -0.25) is 4.79 Å². The summed E-state index contributed by atoms with van der Waals surface area (Å²) in [6.07, 6.45) is 11.4. The molecule has 0 spiro atoms. The first-order chi connectivity index (χ1) is 10.1. The van der Waals surface area contributed by atoms with E-state index in [1.54, 1.807) is 0 Å². The molecule has 0 aromatic rings. The van der Waals surface area contributed by atoms with Crippen LogP contribution in [0.5, 0.6) is 0 Å². The predicted molar refractivity (Wildman–Crippen MR) is 85.2 cm³/mol. The van der Waals surface area contributed by atoms with Crippen LogP contribution >= 0.6 is 11.6 Å². The van der Waals surface area contributed by atoms with Gasteiger partial charge >= 0.3 is 0 Å². The number of nitrogens with zero attached hydrogens (tertiary/aromatic N) is 1. The maximum Gasteiger partial charge on any atom is 0.226 e. The second-order valence-corrected chi connectivity index (χ2v) is 8.83. The number of rotatable bonds is 2. The van der Waals surface area contributed by atoms with Crippen molar-refractivity contribution >= 4 is 17.5 Å². The lowest BCUT2D eigenvalue weighted by Gasteiger charge is -2.54. The van der Waals surface area contributed by atoms with Gasteiger partial charge in [0.05, 0.1) is 5.38 Å². The molecule has 5 aliphatic rings. The number of halogens is 1. The minimum Gasteiger partial charge on any atom is -0.341 e. The molecule has 2 unspecified atom stereocenters. The summed E-state index contributed by atoms with van der Waals surface area (Å²) in [7, 11) is 2.03. The van der Waals surface area contributed by atoms with E-state index < -0.39 is 0 Å². The quantitative estimate of drug-likeness (QED) is 0.704. The van der Waals surface area contributed by atoms with E-state index in [-0.39, 0.29) is 11.4 Å². The summed E-state index contributed by atoms with van der Waals surface area (Å²) >= 11 is 6.52. The summed E-state index contributed by atoms with van der Waals surface area (Å²) in [5.74, 6) is 4.02. The van der Waals surface area contributed by atoms with Crippen molar-refractivity contribution < 1.29 is 4.79 Å². The Morgan fingerprint density at radius 2 is 1.52 bits per heavy atom. The van der Waals surface area contributed by atoms with E-state index in [1.807, 2.05) is 7.05 Å². The number of alkyl halides is 1. The molecule has 0 N–H and O–H groups in total. The van der Waals surface area contributed by atoms with Gasteiger partial charge in [-0.1, -0.05) is 12.8 Å². The summed E-state index contributed by atoms with van der Waals surface area (Å²) in [5, 5.41) is 0.171. The van der Waals surface area contributed by atoms with Gasteiger partial charge in [0.2, 0.25) is 5.91 Å². The van der Waals surface area contributed by atoms with Gasteiger partial charge in [-0.15, -0.1) is 11.6 Å². The van der Waals surface area contributed by atoms with Crippen LogP contribution in [0.3, 0.4) is 0 Å². The molecule has 118 valence electrons. The molecular formula is C18H28ClNO. The molecule has 0 aromatic carbocycles. The summed E-state index contributed by atoms with van der Waals surface area (Å²) in [4.78, 5) is 15.2. The third-order valence-corrected chi connectivity index (χ3v) is 7.51. The first-order valence-electron chi connectivity index (χ1n) is 9.04. The zero-order valence-electron chi connectivity index (χ0n) is 13.1. The molecule has 0 aromatic heterocycles. The maximum atomic E-state index is 13.1. The molecule has 2 nitrogen and oxygen atoms in total. The molecule has 0 radical (unpaired) electrons. The van der Waals surface area contributed by atoms with Crippen molar-refractivity contribution in [3.8, 4) is 0 Å². The lowest BCUT2D eigenvalue weighted by molar-refractivity contribution is -0.150. The van der Waals surface area contributed by atoms with Crippen LogP contribution in [-0.4, -0.2) is 29.3 Å². The van der Waals surface area contributed by atoms with Crippen molar-refractivity contribution in [2.24, 2.45) is 29.6 Å². The van der Waals surface area contributed by atoms with E-state index >= 15 is 0 Å². The van der Waals surface area contributed by atoms with Crippen LogP contribution in [-0.2, 0) is 4.79 Å². The Labute approximate surface area is 133 Å². The SMILES string of the molecule is CN(C(=O)C1C2CC3CC(C2)CC1C3)C1CCCCC1Cl. The predicted octanol–water partition coefficient (Wildman–Crippen LogP) is 4.07. The highest BCUT2D eigenvalue weighted by Gasteiger charge is 2.51. The lowest BCUT2D eigenvalue weighted by Crippen LogP contribution is -2.54. The highest BCUT2D eigenvalue weighted by Crippen LogP contribution is 2.57. The van der Waals surface area contributed by atoms with Crippen molar-refractivity contribution in [2.45, 2.75) is 69.2 Å². The molecule has 0 aliphatic heterocycles. The van der Waals surface area contributed by atoms with Gasteiger partial charge in [-0.25, -0.2) is 0 Å². The zero-order valence-corrected chi connectivity index (χ0v) is 13.9. The normalized spacial score (nSPS) is 48.4. The molecule has 3 heteroatoms. The number of amides is 1. The molecule has 5 rings (SSSR count). The average molecular weight is 310 g/mol. The molecule has 0 heterocycles. The second-order valence-electron chi connectivity index (χ2n) is 8.27. The standard InChI is InChI=1S/C18H28ClNO/c1-20(16-5-3-2-4-15(16)19)18(21)17-13-7-11-6-12(9-13)10-14(17)8-11/h11-17H,2-10H2,1H3. The van der Waals surface area contributed by atoms with Gasteiger partial charge in [-0.05, 0) is 68.6 Å². The minimum absolute atomic E-state index is 0.171. The second kappa shape index (κ2) is 5.44. The Balaban J connectivity index is 1.49. The van der Waals surface area contributed by atoms with E-state index in [1.165, 1.54) is 44.9 Å². The summed E-state index contributed by atoms with van der Waals surface area (Å²) in [5.41, 5.74) is 0. The van der Waals surface area contributed by atoms with E-state index in [9.17, 15) is 4.79 Å². The van der Waals surface area contributed by atoms with E-state index in [4.69, 9.17) is 11.6 Å². The highest BCUT2D eigenvalue weighted by molar-refractivity contribution is 6.21. The van der Waals surface area contributed by atoms with Crippen LogP contribution in [0.4, 0.5) is 0 Å². The van der Waals surface area contributed by atoms with Gasteiger partial charge in [0.15, 0.2) is 0 Å². The molecule has 5 fully saturated rings. The van der Waals surface area contributed by atoms with E-state index in [0.717, 1.165) is 24.7 Å². The first kappa shape index (κ1) is 14.4. The third kappa shape index (κ3) is 2.42. The molecule has 5 aliphatic carbocycles. The number of carbonyl (C=O) groups excluding carboxylic acids is 1. The Bertz CT molecular complexity index is 395. The zero-order chi connectivity index (χ0) is 14.6. The summed E-state index contributed by atoms with van der Waals surface area (Å²) < 4.78 is 0. The van der Waals surface area contributed by atoms with Gasteiger partial charge in [0.25, 0.3) is 0 Å². The first-order valence-corrected chi connectivity index (χ1v) is 9.48. The number of hydrogen-bond donors (Lipinski definition) is 0. The third-order valence-electron chi connectivity index (χ3n) is 7.00. The summed E-state index contributed by atoms with van der Waals surface area (Å²) in [6, 6.07) is 0.283. The smallest absolute Gasteiger partial charge is 0.226 e. The van der Waals surface area contributed by atoms with Crippen molar-refractivity contribution in [1.29, 1.82) is 0 Å². The Kier molecular flexibility index (Phi) is 3.72. The topological polar surface area (TPSA) is 20.3 Å². The van der Waals surface area contributed by atoms with Crippen molar-refractivity contribution in [1.82, 2.24) is 4.90 Å². The minimum atomic E-state index is 0.171. The molecule has 0 saturated heterocycles. The fourth-order valence-electron chi connectivity index (χ4n) is 6.23. The van der Waals surface area contributed by atoms with Crippen LogP contribution < -0.4 is 0 Å². The van der Waals surface area contributed by atoms with Gasteiger partial charge < -0.3 is 4.90 Å². The fourth-order valence-corrected chi connectivity index (χ4v) is 6.68. The molecule has 4 bridgehead atoms. The van der Waals surface area contributed by atoms with Gasteiger partial charge in [0.1, 0.15) is 0 Å². The van der Waals surface area contributed by atoms with Crippen molar-refractivity contribution in [3.05, 3.63) is 0 Å². The van der Waals surface area contributed by atoms with Crippen LogP contribution in [0, 0.1) is 29.6 Å². The van der Waals surface area contributed by atoms with Crippen LogP contribution in [0.1, 0.15) is 57.8 Å². The Hall–Kier alpha value is -0.240. The van der Waals surface area contributed by atoms with Crippen molar-refractivity contribution in [3.63, 3.8) is 0 Å². The largest absolute Gasteiger partial charge is 0.341 e. The van der Waals surface area contributed by atoms with Gasteiger partial charge in [0, 0.05) is 19.0 Å². The maximum absolute atomic E-state index is 13.1. The molecule has 21 heavy (non-hydrogen) atoms. The number of hydrogen-bond acceptors (Lipinski definition) is 1. The lowest BCUT2D eigenvalue weighted by atomic mass is 9.51. The average Bonchev–Trinajstić information content (AvgIpc) is 2.45. The number of carbonyl (C=O) groups is 1. The Morgan fingerprint density at radius 3 is 2.10 bits per heavy atom. The Morgan fingerprint density at radius 1 is 0.952 bits per heavy atom. The molecule has 5 saturated carbocycles. The highest BCUT2D eigenvalue weighted by atomic mass is 35.5. The molecule has 2 atom stereocenters. The molecule has 1 amide bonds. The monoisotopic (exact) mass is 309 g/mol. The van der Waals surface area contributed by atoms with Crippen molar-refractivity contribution in [2.75, 3.05) is 7.05 Å². The summed E-state index contributed by atoms with van der Waals surface area (Å²) in [6.45, 7) is 0. The van der Waals surface area contributed by atoms with E-state index in [0.29, 0.717) is 23.7 Å². The van der Waals surface area contributed by atoms with E-state index in [2.05, 4.69) is 4.90 Å². The van der Waals surface area contributed by atoms with Crippen LogP contribution in [0.2, 0.25) is 0 Å². The fraction of sp³-hybridized carbons (Fsp3) is 0.944. The van der Waals surface area contributed by atoms with Crippen LogP contribution in [0.15, 0.2) is 0 Å². The molecular weight excluding hydrogens is 282 g/mol.